The Balaban J connectivity index is 0.810. The molecule has 13 rings (SSSR count). The number of benzene rings is 11. The Hall–Kier alpha value is -8.92. The molecule has 0 amide bonds. The number of rotatable bonds is 8. The highest BCUT2D eigenvalue weighted by atomic mass is 15.1. The van der Waals surface area contributed by atoms with Crippen LogP contribution in [0.25, 0.3) is 99.1 Å². The van der Waals surface area contributed by atoms with Crippen LogP contribution in [0.4, 0.5) is 17.1 Å². The van der Waals surface area contributed by atoms with Gasteiger partial charge in [0.25, 0.3) is 0 Å². The first-order valence-electron chi connectivity index (χ1n) is 23.0. The van der Waals surface area contributed by atoms with Crippen molar-refractivity contribution in [2.45, 2.75) is 0 Å². The number of hydrogen-bond acceptors (Lipinski definition) is 1. The average Bonchev–Trinajstić information content (AvgIpc) is 3.92. The van der Waals surface area contributed by atoms with Gasteiger partial charge in [-0.25, -0.2) is 0 Å². The summed E-state index contributed by atoms with van der Waals surface area (Å²) in [7, 11) is 0. The molecular formula is C64H43N3. The number of hydrogen-bond donors (Lipinski definition) is 0. The van der Waals surface area contributed by atoms with E-state index < -0.39 is 0 Å². The van der Waals surface area contributed by atoms with E-state index in [0.717, 1.165) is 22.7 Å². The minimum absolute atomic E-state index is 1.10. The second-order valence-electron chi connectivity index (χ2n) is 17.3. The van der Waals surface area contributed by atoms with Crippen LogP contribution in [0.1, 0.15) is 0 Å². The van der Waals surface area contributed by atoms with Crippen LogP contribution >= 0.6 is 0 Å². The van der Waals surface area contributed by atoms with Gasteiger partial charge in [0.05, 0.1) is 27.8 Å². The second kappa shape index (κ2) is 16.0. The van der Waals surface area contributed by atoms with Gasteiger partial charge in [0.1, 0.15) is 0 Å². The summed E-state index contributed by atoms with van der Waals surface area (Å²) < 4.78 is 4.74. The molecule has 13 aromatic rings. The maximum atomic E-state index is 2.38. The van der Waals surface area contributed by atoms with Gasteiger partial charge in [-0.1, -0.05) is 176 Å². The highest BCUT2D eigenvalue weighted by molar-refractivity contribution is 6.11. The molecule has 0 saturated heterocycles. The van der Waals surface area contributed by atoms with Gasteiger partial charge in [0.2, 0.25) is 0 Å². The Kier molecular flexibility index (Phi) is 9.17. The summed E-state index contributed by atoms with van der Waals surface area (Å²) in [6, 6.07) is 94.8. The number of aromatic nitrogens is 2. The van der Waals surface area contributed by atoms with Crippen LogP contribution in [0.5, 0.6) is 0 Å². The molecule has 0 fully saturated rings. The number of para-hydroxylation sites is 4. The molecule has 67 heavy (non-hydrogen) atoms. The molecule has 11 aromatic carbocycles. The lowest BCUT2D eigenvalue weighted by atomic mass is 9.98. The zero-order valence-corrected chi connectivity index (χ0v) is 36.7. The van der Waals surface area contributed by atoms with Crippen molar-refractivity contribution in [3.63, 3.8) is 0 Å². The van der Waals surface area contributed by atoms with Crippen LogP contribution in [-0.4, -0.2) is 9.13 Å². The second-order valence-corrected chi connectivity index (χ2v) is 17.3. The first-order valence-corrected chi connectivity index (χ1v) is 23.0. The van der Waals surface area contributed by atoms with Gasteiger partial charge in [0.15, 0.2) is 0 Å². The van der Waals surface area contributed by atoms with Gasteiger partial charge in [-0.2, -0.15) is 0 Å². The molecule has 314 valence electrons. The van der Waals surface area contributed by atoms with Gasteiger partial charge >= 0.3 is 0 Å². The third-order valence-corrected chi connectivity index (χ3v) is 13.5. The Morgan fingerprint density at radius 2 is 0.612 bits per heavy atom. The van der Waals surface area contributed by atoms with E-state index in [4.69, 9.17) is 0 Å². The molecule has 2 heterocycles. The summed E-state index contributed by atoms with van der Waals surface area (Å²) in [4.78, 5) is 2.38. The standard InChI is InChI=1S/C64H43N3/c1-2-15-51(16-3-1)66-63-23-11-8-20-58(63)59-43-50(35-42-64(59)66)48-27-25-44(26-28-48)45-29-36-52(37-30-45)65(60-24-12-14-49-13-4-5-17-55(49)60)53-38-31-46(32-39-53)47-33-40-54(41-34-47)67-61-21-9-6-18-56(61)57-19-7-10-22-62(57)67/h1-43H. The maximum Gasteiger partial charge on any atom is 0.0541 e. The van der Waals surface area contributed by atoms with E-state index in [0.29, 0.717) is 0 Å². The van der Waals surface area contributed by atoms with Gasteiger partial charge in [-0.05, 0) is 124 Å². The van der Waals surface area contributed by atoms with Crippen molar-refractivity contribution in [3.05, 3.63) is 261 Å². The molecular weight excluding hydrogens is 811 g/mol. The number of fused-ring (bicyclic) bond motifs is 7. The van der Waals surface area contributed by atoms with Crippen LogP contribution < -0.4 is 4.90 Å². The van der Waals surface area contributed by atoms with Crippen LogP contribution in [0.2, 0.25) is 0 Å². The Labute approximate surface area is 389 Å². The zero-order chi connectivity index (χ0) is 44.3. The molecule has 0 aliphatic carbocycles. The fourth-order valence-corrected chi connectivity index (χ4v) is 10.3. The zero-order valence-electron chi connectivity index (χ0n) is 36.7. The van der Waals surface area contributed by atoms with E-state index in [1.54, 1.807) is 0 Å². The minimum Gasteiger partial charge on any atom is -0.310 e. The van der Waals surface area contributed by atoms with E-state index in [9.17, 15) is 0 Å². The Morgan fingerprint density at radius 1 is 0.239 bits per heavy atom. The van der Waals surface area contributed by atoms with Gasteiger partial charge in [0, 0.05) is 49.7 Å². The quantitative estimate of drug-likeness (QED) is 0.148. The van der Waals surface area contributed by atoms with Gasteiger partial charge < -0.3 is 14.0 Å². The third-order valence-electron chi connectivity index (χ3n) is 13.5. The fourth-order valence-electron chi connectivity index (χ4n) is 10.3. The highest BCUT2D eigenvalue weighted by Crippen LogP contribution is 2.41. The summed E-state index contributed by atoms with van der Waals surface area (Å²) in [5.74, 6) is 0. The molecule has 0 aliphatic heterocycles. The van der Waals surface area contributed by atoms with Crippen molar-refractivity contribution < 1.29 is 0 Å². The van der Waals surface area contributed by atoms with Crippen molar-refractivity contribution in [1.29, 1.82) is 0 Å². The SMILES string of the molecule is c1ccc(-n2c3ccccc3c3cc(-c4ccc(-c5ccc(N(c6ccc(-c7ccc(-n8c9ccccc9c9ccccc98)cc7)cc6)c6cccc7ccccc67)cc5)cc4)ccc32)cc1. The molecule has 0 N–H and O–H groups in total. The predicted octanol–water partition coefficient (Wildman–Crippen LogP) is 17.5. The van der Waals surface area contributed by atoms with Gasteiger partial charge in [-0.15, -0.1) is 0 Å². The first-order chi connectivity index (χ1) is 33.2. The van der Waals surface area contributed by atoms with Crippen LogP contribution in [0.15, 0.2) is 261 Å². The molecule has 0 bridgehead atoms. The third kappa shape index (κ3) is 6.59. The normalized spacial score (nSPS) is 11.6. The molecule has 0 atom stereocenters. The lowest BCUT2D eigenvalue weighted by Crippen LogP contribution is -2.10. The van der Waals surface area contributed by atoms with E-state index in [1.165, 1.54) is 93.5 Å². The summed E-state index contributed by atoms with van der Waals surface area (Å²) in [6.07, 6.45) is 0. The van der Waals surface area contributed by atoms with Crippen LogP contribution in [0.3, 0.4) is 0 Å². The van der Waals surface area contributed by atoms with Crippen molar-refractivity contribution in [2.24, 2.45) is 0 Å². The first kappa shape index (κ1) is 38.5. The molecule has 0 spiro atoms. The van der Waals surface area contributed by atoms with Crippen molar-refractivity contribution in [1.82, 2.24) is 9.13 Å². The lowest BCUT2D eigenvalue weighted by Gasteiger charge is -2.27. The van der Waals surface area contributed by atoms with Crippen LogP contribution in [-0.2, 0) is 0 Å². The largest absolute Gasteiger partial charge is 0.310 e. The maximum absolute atomic E-state index is 2.38. The van der Waals surface area contributed by atoms with E-state index in [2.05, 4.69) is 275 Å². The summed E-state index contributed by atoms with van der Waals surface area (Å²) in [5, 5.41) is 7.47. The number of anilines is 3. The molecule has 0 saturated carbocycles. The Bertz CT molecular complexity index is 3880. The van der Waals surface area contributed by atoms with Crippen LogP contribution in [0, 0.1) is 0 Å². The topological polar surface area (TPSA) is 13.1 Å². The Morgan fingerprint density at radius 3 is 1.16 bits per heavy atom. The fraction of sp³-hybridized carbons (Fsp3) is 0. The van der Waals surface area contributed by atoms with E-state index >= 15 is 0 Å². The molecule has 0 aliphatic rings. The monoisotopic (exact) mass is 853 g/mol. The van der Waals surface area contributed by atoms with E-state index in [1.807, 2.05) is 0 Å². The smallest absolute Gasteiger partial charge is 0.0541 e. The average molecular weight is 854 g/mol. The molecule has 0 unspecified atom stereocenters. The summed E-state index contributed by atoms with van der Waals surface area (Å²) in [5.41, 5.74) is 17.6. The van der Waals surface area contributed by atoms with Crippen molar-refractivity contribution >= 4 is 71.4 Å². The van der Waals surface area contributed by atoms with Crippen molar-refractivity contribution in [2.75, 3.05) is 4.90 Å². The minimum atomic E-state index is 1.10. The van der Waals surface area contributed by atoms with Gasteiger partial charge in [-0.3, -0.25) is 0 Å². The summed E-state index contributed by atoms with van der Waals surface area (Å²) in [6.45, 7) is 0. The molecule has 0 radical (unpaired) electrons. The van der Waals surface area contributed by atoms with E-state index in [-0.39, 0.29) is 0 Å². The summed E-state index contributed by atoms with van der Waals surface area (Å²) >= 11 is 0. The number of nitrogens with zero attached hydrogens (tertiary/aromatic N) is 3. The lowest BCUT2D eigenvalue weighted by molar-refractivity contribution is 1.18. The molecule has 2 aromatic heterocycles. The predicted molar refractivity (Wildman–Crippen MR) is 284 cm³/mol. The van der Waals surface area contributed by atoms with Crippen molar-refractivity contribution in [3.8, 4) is 44.8 Å². The molecule has 3 nitrogen and oxygen atoms in total. The highest BCUT2D eigenvalue weighted by Gasteiger charge is 2.18. The molecule has 3 heteroatoms.